The lowest BCUT2D eigenvalue weighted by Crippen LogP contribution is -2.49. The monoisotopic (exact) mass is 156 g/mol. The van der Waals surface area contributed by atoms with E-state index in [-0.39, 0.29) is 6.54 Å². The molecule has 62 valence electrons. The molecule has 2 N–H and O–H groups in total. The molecule has 0 bridgehead atoms. The summed E-state index contributed by atoms with van der Waals surface area (Å²) in [6.07, 6.45) is 0.462. The molecular formula is C7H12N2O2. The van der Waals surface area contributed by atoms with Gasteiger partial charge in [0.2, 0.25) is 0 Å². The number of hydrogen-bond acceptors (Lipinski definition) is 3. The third kappa shape index (κ3) is 2.56. The van der Waals surface area contributed by atoms with Gasteiger partial charge in [0.05, 0.1) is 12.6 Å². The summed E-state index contributed by atoms with van der Waals surface area (Å²) < 4.78 is 0. The summed E-state index contributed by atoms with van der Waals surface area (Å²) in [4.78, 5) is 10.6. The third-order valence-electron chi connectivity index (χ3n) is 1.74. The fourth-order valence-electron chi connectivity index (χ4n) is 0.586. The van der Waals surface area contributed by atoms with Crippen LogP contribution >= 0.6 is 0 Å². The molecule has 0 amide bonds. The molecule has 0 aliphatic carbocycles. The van der Waals surface area contributed by atoms with Gasteiger partial charge in [-0.05, 0) is 13.3 Å². The average Bonchev–Trinajstić information content (AvgIpc) is 2.00. The molecule has 0 aromatic rings. The highest BCUT2D eigenvalue weighted by Gasteiger charge is 2.29. The summed E-state index contributed by atoms with van der Waals surface area (Å²) in [5.41, 5.74) is -0.963. The lowest BCUT2D eigenvalue weighted by Gasteiger charge is -2.22. The summed E-state index contributed by atoms with van der Waals surface area (Å²) in [7, 11) is 0. The number of nitriles is 1. The fourth-order valence-corrected chi connectivity index (χ4v) is 0.586. The van der Waals surface area contributed by atoms with Crippen LogP contribution in [0.3, 0.4) is 0 Å². The van der Waals surface area contributed by atoms with Crippen molar-refractivity contribution in [2.75, 3.05) is 6.54 Å². The highest BCUT2D eigenvalue weighted by atomic mass is 16.4. The molecule has 0 aromatic carbocycles. The lowest BCUT2D eigenvalue weighted by molar-refractivity contribution is -0.144. The zero-order chi connectivity index (χ0) is 8.91. The van der Waals surface area contributed by atoms with Gasteiger partial charge in [0.25, 0.3) is 0 Å². The second-order valence-corrected chi connectivity index (χ2v) is 2.50. The predicted octanol–water partition coefficient (Wildman–Crippen LogP) is 0.353. The van der Waals surface area contributed by atoms with Gasteiger partial charge >= 0.3 is 5.97 Å². The molecule has 4 nitrogen and oxygen atoms in total. The van der Waals surface area contributed by atoms with E-state index in [1.807, 2.05) is 6.07 Å². The van der Waals surface area contributed by atoms with Crippen LogP contribution in [-0.4, -0.2) is 23.2 Å². The van der Waals surface area contributed by atoms with Crippen molar-refractivity contribution in [3.8, 4) is 6.07 Å². The molecule has 0 aliphatic heterocycles. The van der Waals surface area contributed by atoms with Crippen LogP contribution in [0.15, 0.2) is 0 Å². The summed E-state index contributed by atoms with van der Waals surface area (Å²) in [5.74, 6) is -0.921. The van der Waals surface area contributed by atoms with Crippen molar-refractivity contribution in [1.82, 2.24) is 5.32 Å². The Hall–Kier alpha value is -1.08. The quantitative estimate of drug-likeness (QED) is 0.576. The van der Waals surface area contributed by atoms with Gasteiger partial charge < -0.3 is 5.11 Å². The topological polar surface area (TPSA) is 73.1 Å². The molecular weight excluding hydrogens is 144 g/mol. The van der Waals surface area contributed by atoms with Crippen molar-refractivity contribution in [3.05, 3.63) is 0 Å². The molecule has 1 unspecified atom stereocenters. The predicted molar refractivity (Wildman–Crippen MR) is 39.9 cm³/mol. The molecule has 0 heterocycles. The second-order valence-electron chi connectivity index (χ2n) is 2.50. The molecule has 0 rings (SSSR count). The largest absolute Gasteiger partial charge is 0.480 e. The minimum atomic E-state index is -0.963. The normalized spacial score (nSPS) is 15.0. The van der Waals surface area contributed by atoms with Crippen molar-refractivity contribution in [1.29, 1.82) is 5.26 Å². The summed E-state index contributed by atoms with van der Waals surface area (Å²) >= 11 is 0. The van der Waals surface area contributed by atoms with Gasteiger partial charge in [-0.15, -0.1) is 0 Å². The second kappa shape index (κ2) is 3.94. The van der Waals surface area contributed by atoms with Crippen LogP contribution in [0.2, 0.25) is 0 Å². The number of nitrogens with one attached hydrogen (secondary N) is 1. The van der Waals surface area contributed by atoms with Gasteiger partial charge in [-0.1, -0.05) is 6.92 Å². The first kappa shape index (κ1) is 9.92. The smallest absolute Gasteiger partial charge is 0.323 e. The van der Waals surface area contributed by atoms with E-state index >= 15 is 0 Å². The minimum Gasteiger partial charge on any atom is -0.480 e. The van der Waals surface area contributed by atoms with Crippen molar-refractivity contribution in [2.45, 2.75) is 25.8 Å². The number of nitrogens with zero attached hydrogens (tertiary/aromatic N) is 1. The number of aliphatic carboxylic acids is 1. The van der Waals surface area contributed by atoms with Crippen molar-refractivity contribution >= 4 is 5.97 Å². The van der Waals surface area contributed by atoms with E-state index in [4.69, 9.17) is 10.4 Å². The average molecular weight is 156 g/mol. The van der Waals surface area contributed by atoms with Gasteiger partial charge in [-0.25, -0.2) is 0 Å². The minimum absolute atomic E-state index is 0.0661. The maximum absolute atomic E-state index is 10.6. The maximum atomic E-state index is 10.6. The Morgan fingerprint density at radius 2 is 2.36 bits per heavy atom. The van der Waals surface area contributed by atoms with E-state index in [9.17, 15) is 4.79 Å². The Morgan fingerprint density at radius 1 is 1.82 bits per heavy atom. The van der Waals surface area contributed by atoms with Gasteiger partial charge in [-0.3, -0.25) is 10.1 Å². The van der Waals surface area contributed by atoms with Crippen LogP contribution in [0.4, 0.5) is 0 Å². The maximum Gasteiger partial charge on any atom is 0.323 e. The van der Waals surface area contributed by atoms with E-state index in [0.29, 0.717) is 6.42 Å². The Morgan fingerprint density at radius 3 is 2.64 bits per heavy atom. The zero-order valence-corrected chi connectivity index (χ0v) is 6.72. The number of carboxylic acids is 1. The van der Waals surface area contributed by atoms with Crippen LogP contribution in [0.1, 0.15) is 20.3 Å². The van der Waals surface area contributed by atoms with Crippen molar-refractivity contribution in [3.63, 3.8) is 0 Å². The molecule has 0 aliphatic rings. The standard InChI is InChI=1S/C7H12N2O2/c1-3-7(2,6(10)11)9-5-4-8/h9H,3,5H2,1-2H3,(H,10,11). The van der Waals surface area contributed by atoms with E-state index < -0.39 is 11.5 Å². The van der Waals surface area contributed by atoms with E-state index in [0.717, 1.165) is 0 Å². The first-order valence-electron chi connectivity index (χ1n) is 3.42. The van der Waals surface area contributed by atoms with E-state index in [2.05, 4.69) is 5.32 Å². The lowest BCUT2D eigenvalue weighted by atomic mass is 9.99. The van der Waals surface area contributed by atoms with Crippen molar-refractivity contribution in [2.24, 2.45) is 0 Å². The summed E-state index contributed by atoms with van der Waals surface area (Å²) in [5, 5.41) is 19.5. The van der Waals surface area contributed by atoms with Crippen LogP contribution in [0.5, 0.6) is 0 Å². The molecule has 0 fully saturated rings. The van der Waals surface area contributed by atoms with Crippen LogP contribution in [0.25, 0.3) is 0 Å². The van der Waals surface area contributed by atoms with E-state index in [1.54, 1.807) is 13.8 Å². The zero-order valence-electron chi connectivity index (χ0n) is 6.72. The molecule has 0 radical (unpaired) electrons. The summed E-state index contributed by atoms with van der Waals surface area (Å²) in [6, 6.07) is 1.84. The van der Waals surface area contributed by atoms with Gasteiger partial charge in [0.1, 0.15) is 5.54 Å². The number of carboxylic acid groups (broad SMARTS) is 1. The Balaban J connectivity index is 4.13. The Kier molecular flexibility index (Phi) is 3.55. The molecule has 0 aromatic heterocycles. The highest BCUT2D eigenvalue weighted by molar-refractivity contribution is 5.78. The van der Waals surface area contributed by atoms with Crippen LogP contribution < -0.4 is 5.32 Å². The SMILES string of the molecule is CCC(C)(NCC#N)C(=O)O. The molecule has 4 heteroatoms. The van der Waals surface area contributed by atoms with Crippen LogP contribution in [-0.2, 0) is 4.79 Å². The first-order chi connectivity index (χ1) is 5.06. The third-order valence-corrected chi connectivity index (χ3v) is 1.74. The van der Waals surface area contributed by atoms with E-state index in [1.165, 1.54) is 0 Å². The Labute approximate surface area is 65.8 Å². The molecule has 11 heavy (non-hydrogen) atoms. The van der Waals surface area contributed by atoms with Crippen LogP contribution in [0, 0.1) is 11.3 Å². The highest BCUT2D eigenvalue weighted by Crippen LogP contribution is 2.07. The number of rotatable bonds is 4. The van der Waals surface area contributed by atoms with Gasteiger partial charge in [0.15, 0.2) is 0 Å². The van der Waals surface area contributed by atoms with Crippen molar-refractivity contribution < 1.29 is 9.90 Å². The molecule has 0 saturated carbocycles. The van der Waals surface area contributed by atoms with Gasteiger partial charge in [0, 0.05) is 0 Å². The molecule has 0 saturated heterocycles. The number of carbonyl (C=O) groups is 1. The van der Waals surface area contributed by atoms with Gasteiger partial charge in [-0.2, -0.15) is 5.26 Å². The molecule has 1 atom stereocenters. The number of hydrogen-bond donors (Lipinski definition) is 2. The summed E-state index contributed by atoms with van der Waals surface area (Å²) in [6.45, 7) is 3.39. The first-order valence-corrected chi connectivity index (χ1v) is 3.42. The molecule has 0 spiro atoms. The fraction of sp³-hybridized carbons (Fsp3) is 0.714. The Bertz CT molecular complexity index is 185.